The fourth-order valence-corrected chi connectivity index (χ4v) is 5.70. The van der Waals surface area contributed by atoms with Crippen LogP contribution in [0.25, 0.3) is 5.69 Å². The largest absolute Gasteiger partial charge is 0.411 e. The maximum atomic E-state index is 15.2. The van der Waals surface area contributed by atoms with Crippen LogP contribution in [0, 0.1) is 12.7 Å². The lowest BCUT2D eigenvalue weighted by molar-refractivity contribution is -0.167. The zero-order chi connectivity index (χ0) is 31.8. The minimum atomic E-state index is -4.59. The van der Waals surface area contributed by atoms with Gasteiger partial charge in [0.15, 0.2) is 0 Å². The number of halogens is 4. The molecule has 0 unspecified atom stereocenters. The van der Waals surface area contributed by atoms with Gasteiger partial charge in [-0.25, -0.2) is 13.8 Å². The first kappa shape index (κ1) is 31.4. The average Bonchev–Trinajstić information content (AvgIpc) is 2.99. The van der Waals surface area contributed by atoms with Crippen LogP contribution in [0.5, 0.6) is 0 Å². The number of aliphatic hydroxyl groups excluding tert-OH is 1. The van der Waals surface area contributed by atoms with Gasteiger partial charge in [0.2, 0.25) is 0 Å². The van der Waals surface area contributed by atoms with Crippen LogP contribution in [0.15, 0.2) is 46.0 Å². The summed E-state index contributed by atoms with van der Waals surface area (Å²) in [6, 6.07) is 5.89. The second-order valence-corrected chi connectivity index (χ2v) is 10.9. The van der Waals surface area contributed by atoms with E-state index in [1.54, 1.807) is 31.3 Å². The Balaban J connectivity index is 1.32. The van der Waals surface area contributed by atoms with Crippen molar-refractivity contribution in [3.8, 4) is 5.69 Å². The average molecular weight is 621 g/mol. The molecule has 5 rings (SSSR count). The number of rotatable bonds is 7. The Morgan fingerprint density at radius 3 is 2.50 bits per heavy atom. The van der Waals surface area contributed by atoms with Gasteiger partial charge in [0.1, 0.15) is 11.9 Å². The number of carbonyl (C=O) groups is 1. The molecule has 2 aliphatic heterocycles. The number of ether oxygens (including phenoxy) is 2. The van der Waals surface area contributed by atoms with E-state index in [0.29, 0.717) is 35.5 Å². The van der Waals surface area contributed by atoms with Crippen molar-refractivity contribution >= 4 is 11.6 Å². The van der Waals surface area contributed by atoms with Crippen LogP contribution in [-0.4, -0.2) is 71.4 Å². The number of hydrogen-bond acceptors (Lipinski definition) is 7. The second-order valence-electron chi connectivity index (χ2n) is 10.9. The monoisotopic (exact) mass is 620 g/mol. The molecule has 3 aromatic rings. The number of amides is 1. The van der Waals surface area contributed by atoms with Crippen LogP contribution < -0.4 is 21.5 Å². The molecule has 0 saturated carbocycles. The van der Waals surface area contributed by atoms with Crippen LogP contribution in [0.1, 0.15) is 32.7 Å². The molecular formula is C30H32F4N4O6. The molecule has 2 aromatic carbocycles. The van der Waals surface area contributed by atoms with Crippen molar-refractivity contribution in [1.29, 1.82) is 0 Å². The lowest BCUT2D eigenvalue weighted by atomic mass is 10.0. The van der Waals surface area contributed by atoms with Crippen LogP contribution >= 0.6 is 0 Å². The summed E-state index contributed by atoms with van der Waals surface area (Å²) in [6.45, 7) is 0.849. The molecule has 1 fully saturated rings. The molecule has 2 N–H and O–H groups in total. The number of nitrogens with one attached hydrogen (secondary N) is 1. The zero-order valence-electron chi connectivity index (χ0n) is 24.1. The number of fused-ring (bicyclic) bond motifs is 1. The van der Waals surface area contributed by atoms with Crippen molar-refractivity contribution < 1.29 is 36.9 Å². The SMILES string of the molecule is Cc1cc(N2CCOC[C@@H]2C(F)(F)F)cc(F)c1C(=O)N[C@H](CO)Cc1ccc(-n2c(=O)c3c(n(C)c2=O)CCOC3)cc1. The molecule has 3 heterocycles. The summed E-state index contributed by atoms with van der Waals surface area (Å²) in [5, 5.41) is 12.5. The summed E-state index contributed by atoms with van der Waals surface area (Å²) in [7, 11) is 1.60. The fraction of sp³-hybridized carbons (Fsp3) is 0.433. The number of aromatic nitrogens is 2. The van der Waals surface area contributed by atoms with Crippen LogP contribution in [0.4, 0.5) is 23.2 Å². The van der Waals surface area contributed by atoms with Gasteiger partial charge in [-0.2, -0.15) is 13.2 Å². The number of hydrogen-bond donors (Lipinski definition) is 2. The van der Waals surface area contributed by atoms with Crippen LogP contribution in [0.2, 0.25) is 0 Å². The summed E-state index contributed by atoms with van der Waals surface area (Å²) in [5.41, 5.74) is 0.887. The highest BCUT2D eigenvalue weighted by Gasteiger charge is 2.45. The maximum Gasteiger partial charge on any atom is 0.411 e. The van der Waals surface area contributed by atoms with Gasteiger partial charge in [-0.05, 0) is 48.7 Å². The van der Waals surface area contributed by atoms with Crippen molar-refractivity contribution in [1.82, 2.24) is 14.5 Å². The molecule has 0 aliphatic carbocycles. The molecule has 2 atom stereocenters. The van der Waals surface area contributed by atoms with Crippen molar-refractivity contribution in [2.75, 3.05) is 37.9 Å². The first-order chi connectivity index (χ1) is 20.9. The lowest BCUT2D eigenvalue weighted by Crippen LogP contribution is -2.53. The predicted molar refractivity (Wildman–Crippen MR) is 152 cm³/mol. The highest BCUT2D eigenvalue weighted by Crippen LogP contribution is 2.33. The van der Waals surface area contributed by atoms with Crippen molar-refractivity contribution in [2.24, 2.45) is 7.05 Å². The van der Waals surface area contributed by atoms with E-state index in [1.165, 1.54) is 17.6 Å². The molecule has 44 heavy (non-hydrogen) atoms. The molecule has 0 bridgehead atoms. The summed E-state index contributed by atoms with van der Waals surface area (Å²) in [5.74, 6) is -1.82. The zero-order valence-corrected chi connectivity index (χ0v) is 24.1. The summed E-state index contributed by atoms with van der Waals surface area (Å²) in [6.07, 6.45) is -3.99. The van der Waals surface area contributed by atoms with Crippen molar-refractivity contribution in [3.63, 3.8) is 0 Å². The Labute approximate surface area is 249 Å². The van der Waals surface area contributed by atoms with E-state index in [1.807, 2.05) is 0 Å². The van der Waals surface area contributed by atoms with E-state index < -0.39 is 54.4 Å². The lowest BCUT2D eigenvalue weighted by Gasteiger charge is -2.38. The maximum absolute atomic E-state index is 15.2. The molecule has 236 valence electrons. The van der Waals surface area contributed by atoms with Gasteiger partial charge >= 0.3 is 11.9 Å². The molecule has 1 aromatic heterocycles. The molecule has 1 amide bonds. The van der Waals surface area contributed by atoms with Gasteiger partial charge in [-0.3, -0.25) is 14.2 Å². The summed E-state index contributed by atoms with van der Waals surface area (Å²) >= 11 is 0. The van der Waals surface area contributed by atoms with Gasteiger partial charge in [-0.15, -0.1) is 0 Å². The summed E-state index contributed by atoms with van der Waals surface area (Å²) < 4.78 is 68.7. The highest BCUT2D eigenvalue weighted by molar-refractivity contribution is 5.96. The number of aliphatic hydroxyl groups is 1. The minimum Gasteiger partial charge on any atom is -0.394 e. The number of aryl methyl sites for hydroxylation is 1. The van der Waals surface area contributed by atoms with Gasteiger partial charge in [-0.1, -0.05) is 12.1 Å². The number of anilines is 1. The Bertz CT molecular complexity index is 1650. The standard InChI is InChI=1S/C30H32F4N4O6/c1-17-11-21(37-8-10-44-16-25(37)30(32,33)34)13-23(31)26(17)27(40)35-19(14-39)12-18-3-5-20(6-4-18)38-28(41)22-15-43-9-7-24(22)36(2)29(38)42/h3-6,11,13,19,25,39H,7-10,12,14-16H2,1-2H3,(H,35,40)/t19-,25+/m0/s1. The van der Waals surface area contributed by atoms with Crippen LogP contribution in [-0.2, 0) is 36.0 Å². The third-order valence-electron chi connectivity index (χ3n) is 7.99. The number of alkyl halides is 3. The van der Waals surface area contributed by atoms with E-state index in [-0.39, 0.29) is 43.0 Å². The van der Waals surface area contributed by atoms with E-state index >= 15 is 4.39 Å². The van der Waals surface area contributed by atoms with Gasteiger partial charge in [0.25, 0.3) is 11.5 Å². The number of benzene rings is 2. The third-order valence-corrected chi connectivity index (χ3v) is 7.99. The highest BCUT2D eigenvalue weighted by atomic mass is 19.4. The Hall–Kier alpha value is -4.01. The van der Waals surface area contributed by atoms with E-state index in [2.05, 4.69) is 5.32 Å². The molecular weight excluding hydrogens is 588 g/mol. The van der Waals surface area contributed by atoms with Gasteiger partial charge < -0.3 is 24.8 Å². The Morgan fingerprint density at radius 1 is 1.11 bits per heavy atom. The first-order valence-electron chi connectivity index (χ1n) is 14.0. The van der Waals surface area contributed by atoms with E-state index in [4.69, 9.17) is 9.47 Å². The molecule has 0 radical (unpaired) electrons. The molecule has 1 saturated heterocycles. The Kier molecular flexibility index (Phi) is 8.95. The van der Waals surface area contributed by atoms with Crippen molar-refractivity contribution in [2.45, 2.75) is 44.6 Å². The molecule has 2 aliphatic rings. The van der Waals surface area contributed by atoms with E-state index in [9.17, 15) is 32.7 Å². The number of carbonyl (C=O) groups excluding carboxylic acids is 1. The normalized spacial score (nSPS) is 17.7. The molecule has 14 heteroatoms. The number of morpholine rings is 1. The number of nitrogens with zero attached hydrogens (tertiary/aromatic N) is 3. The third kappa shape index (κ3) is 6.14. The first-order valence-corrected chi connectivity index (χ1v) is 14.0. The van der Waals surface area contributed by atoms with E-state index in [0.717, 1.165) is 15.5 Å². The molecule has 0 spiro atoms. The molecule has 10 nitrogen and oxygen atoms in total. The topological polar surface area (TPSA) is 115 Å². The van der Waals surface area contributed by atoms with Crippen LogP contribution in [0.3, 0.4) is 0 Å². The Morgan fingerprint density at radius 2 is 1.84 bits per heavy atom. The minimum absolute atomic E-state index is 0.0126. The fourth-order valence-electron chi connectivity index (χ4n) is 5.70. The predicted octanol–water partition coefficient (Wildman–Crippen LogP) is 2.16. The smallest absolute Gasteiger partial charge is 0.394 e. The van der Waals surface area contributed by atoms with Crippen molar-refractivity contribution in [3.05, 3.63) is 91.0 Å². The quantitative estimate of drug-likeness (QED) is 0.389. The van der Waals surface area contributed by atoms with Gasteiger partial charge in [0, 0.05) is 31.4 Å². The summed E-state index contributed by atoms with van der Waals surface area (Å²) in [4.78, 5) is 40.1. The van der Waals surface area contributed by atoms with Gasteiger partial charge in [0.05, 0.1) is 55.9 Å². The second kappa shape index (κ2) is 12.5.